The highest BCUT2D eigenvalue weighted by Gasteiger charge is 2.16. The average Bonchev–Trinajstić information content (AvgIpc) is 2.49. The van der Waals surface area contributed by atoms with Crippen LogP contribution < -0.4 is 15.5 Å². The van der Waals surface area contributed by atoms with Gasteiger partial charge in [0.2, 0.25) is 0 Å². The van der Waals surface area contributed by atoms with Crippen molar-refractivity contribution in [2.75, 3.05) is 25.5 Å². The van der Waals surface area contributed by atoms with Gasteiger partial charge in [0, 0.05) is 16.2 Å². The van der Waals surface area contributed by atoms with Gasteiger partial charge in [0.05, 0.1) is 7.05 Å². The maximum absolute atomic E-state index is 12.2. The second kappa shape index (κ2) is 11.3. The van der Waals surface area contributed by atoms with E-state index in [0.29, 0.717) is 12.5 Å². The van der Waals surface area contributed by atoms with E-state index in [1.807, 2.05) is 39.1 Å². The Morgan fingerprint density at radius 2 is 1.77 bits per heavy atom. The van der Waals surface area contributed by atoms with Crippen LogP contribution in [0.2, 0.25) is 0 Å². The topological polar surface area (TPSA) is 62.6 Å². The SMILES string of the molecule is Cc1cc(Br)ccc1NC(=O)C[NH+](C)CC(=O)N[C@H](C)CCCC(C)C. The lowest BCUT2D eigenvalue weighted by molar-refractivity contribution is -0.862. The Balaban J connectivity index is 2.34. The normalized spacial score (nSPS) is 13.3. The van der Waals surface area contributed by atoms with Crippen LogP contribution in [0, 0.1) is 12.8 Å². The molecule has 146 valence electrons. The Kier molecular flexibility index (Phi) is 9.88. The van der Waals surface area contributed by atoms with Gasteiger partial charge in [0.15, 0.2) is 13.1 Å². The molecule has 0 saturated heterocycles. The van der Waals surface area contributed by atoms with Crippen LogP contribution in [0.3, 0.4) is 0 Å². The zero-order valence-electron chi connectivity index (χ0n) is 16.6. The van der Waals surface area contributed by atoms with Gasteiger partial charge in [-0.1, -0.05) is 42.6 Å². The molecule has 0 aliphatic carbocycles. The van der Waals surface area contributed by atoms with E-state index < -0.39 is 0 Å². The summed E-state index contributed by atoms with van der Waals surface area (Å²) in [7, 11) is 1.86. The minimum Gasteiger partial charge on any atom is -0.349 e. The predicted octanol–water partition coefficient (Wildman–Crippen LogP) is 2.54. The molecular weight excluding hydrogens is 394 g/mol. The second-order valence-electron chi connectivity index (χ2n) is 7.61. The van der Waals surface area contributed by atoms with Crippen LogP contribution in [0.1, 0.15) is 45.6 Å². The lowest BCUT2D eigenvalue weighted by Gasteiger charge is -2.17. The van der Waals surface area contributed by atoms with Gasteiger partial charge in [-0.3, -0.25) is 9.59 Å². The lowest BCUT2D eigenvalue weighted by Crippen LogP contribution is -3.11. The fourth-order valence-corrected chi connectivity index (χ4v) is 3.28. The molecular formula is C20H33BrN3O2+. The van der Waals surface area contributed by atoms with Crippen molar-refractivity contribution < 1.29 is 14.5 Å². The van der Waals surface area contributed by atoms with Gasteiger partial charge in [-0.25, -0.2) is 0 Å². The highest BCUT2D eigenvalue weighted by Crippen LogP contribution is 2.19. The first-order valence-electron chi connectivity index (χ1n) is 9.34. The van der Waals surface area contributed by atoms with Gasteiger partial charge >= 0.3 is 0 Å². The van der Waals surface area contributed by atoms with Crippen molar-refractivity contribution in [2.24, 2.45) is 5.92 Å². The summed E-state index contributed by atoms with van der Waals surface area (Å²) in [5.41, 5.74) is 1.80. The Morgan fingerprint density at radius 3 is 2.38 bits per heavy atom. The molecule has 0 saturated carbocycles. The summed E-state index contributed by atoms with van der Waals surface area (Å²) >= 11 is 3.41. The average molecular weight is 427 g/mol. The molecule has 2 amide bonds. The maximum atomic E-state index is 12.2. The van der Waals surface area contributed by atoms with Crippen LogP contribution in [-0.4, -0.2) is 38.0 Å². The van der Waals surface area contributed by atoms with Gasteiger partial charge in [0.1, 0.15) is 0 Å². The third-order valence-electron chi connectivity index (χ3n) is 4.21. The van der Waals surface area contributed by atoms with Crippen molar-refractivity contribution in [1.82, 2.24) is 5.32 Å². The summed E-state index contributed by atoms with van der Waals surface area (Å²) in [5.74, 6) is 0.597. The minimum atomic E-state index is -0.0919. The number of nitrogens with one attached hydrogen (secondary N) is 3. The molecule has 1 unspecified atom stereocenters. The lowest BCUT2D eigenvalue weighted by atomic mass is 10.0. The van der Waals surface area contributed by atoms with Gasteiger partial charge in [-0.05, 0) is 49.9 Å². The molecule has 0 radical (unpaired) electrons. The van der Waals surface area contributed by atoms with Gasteiger partial charge in [-0.2, -0.15) is 0 Å². The quantitative estimate of drug-likeness (QED) is 0.538. The van der Waals surface area contributed by atoms with Crippen molar-refractivity contribution in [3.63, 3.8) is 0 Å². The Bertz CT molecular complexity index is 605. The zero-order valence-corrected chi connectivity index (χ0v) is 18.2. The number of hydrogen-bond acceptors (Lipinski definition) is 2. The number of carbonyl (C=O) groups is 2. The first kappa shape index (κ1) is 22.6. The molecule has 0 aliphatic rings. The van der Waals surface area contributed by atoms with Crippen LogP contribution in [-0.2, 0) is 9.59 Å². The number of quaternary nitrogens is 1. The number of carbonyl (C=O) groups excluding carboxylic acids is 2. The van der Waals surface area contributed by atoms with E-state index in [1.54, 1.807) is 0 Å². The first-order chi connectivity index (χ1) is 12.2. The number of aryl methyl sites for hydroxylation is 1. The van der Waals surface area contributed by atoms with Crippen molar-refractivity contribution in [3.05, 3.63) is 28.2 Å². The Morgan fingerprint density at radius 1 is 1.12 bits per heavy atom. The van der Waals surface area contributed by atoms with E-state index in [1.165, 1.54) is 6.42 Å². The standard InChI is InChI=1S/C20H32BrN3O2/c1-14(2)7-6-8-16(4)22-19(25)12-24(5)13-20(26)23-18-10-9-17(21)11-15(18)3/h9-11,14,16H,6-8,12-13H2,1-5H3,(H,22,25)(H,23,26)/p+1/t16-/m1/s1. The molecule has 0 aromatic heterocycles. The van der Waals surface area contributed by atoms with Crippen molar-refractivity contribution in [2.45, 2.75) is 53.0 Å². The molecule has 0 spiro atoms. The molecule has 3 N–H and O–H groups in total. The number of hydrogen-bond donors (Lipinski definition) is 3. The van der Waals surface area contributed by atoms with E-state index >= 15 is 0 Å². The third-order valence-corrected chi connectivity index (χ3v) is 4.71. The summed E-state index contributed by atoms with van der Waals surface area (Å²) in [5, 5.41) is 5.93. The largest absolute Gasteiger partial charge is 0.349 e. The number of anilines is 1. The molecule has 1 aromatic rings. The summed E-state index contributed by atoms with van der Waals surface area (Å²) in [6.07, 6.45) is 3.30. The molecule has 0 heterocycles. The maximum Gasteiger partial charge on any atom is 0.279 e. The molecule has 1 rings (SSSR count). The molecule has 6 heteroatoms. The van der Waals surface area contributed by atoms with Crippen molar-refractivity contribution in [3.8, 4) is 0 Å². The number of amides is 2. The van der Waals surface area contributed by atoms with E-state index in [-0.39, 0.29) is 24.4 Å². The van der Waals surface area contributed by atoms with Crippen LogP contribution in [0.25, 0.3) is 0 Å². The summed E-state index contributed by atoms with van der Waals surface area (Å²) < 4.78 is 0.981. The molecule has 0 bridgehead atoms. The molecule has 5 nitrogen and oxygen atoms in total. The third kappa shape index (κ3) is 9.34. The molecule has 0 fully saturated rings. The zero-order chi connectivity index (χ0) is 19.7. The summed E-state index contributed by atoms with van der Waals surface area (Å²) in [6, 6.07) is 5.90. The van der Waals surface area contributed by atoms with E-state index in [4.69, 9.17) is 0 Å². The number of rotatable bonds is 10. The fraction of sp³-hybridized carbons (Fsp3) is 0.600. The summed E-state index contributed by atoms with van der Waals surface area (Å²) in [4.78, 5) is 25.2. The van der Waals surface area contributed by atoms with Crippen LogP contribution in [0.15, 0.2) is 22.7 Å². The number of benzene rings is 1. The van der Waals surface area contributed by atoms with E-state index in [9.17, 15) is 9.59 Å². The monoisotopic (exact) mass is 426 g/mol. The van der Waals surface area contributed by atoms with Crippen LogP contribution in [0.5, 0.6) is 0 Å². The Labute approximate surface area is 166 Å². The van der Waals surface area contributed by atoms with Gasteiger partial charge in [-0.15, -0.1) is 0 Å². The smallest absolute Gasteiger partial charge is 0.279 e. The van der Waals surface area contributed by atoms with E-state index in [2.05, 4.69) is 40.4 Å². The van der Waals surface area contributed by atoms with Crippen molar-refractivity contribution in [1.29, 1.82) is 0 Å². The number of halogens is 1. The Hall–Kier alpha value is -1.40. The molecule has 0 aliphatic heterocycles. The minimum absolute atomic E-state index is 0.00725. The van der Waals surface area contributed by atoms with Gasteiger partial charge < -0.3 is 15.5 Å². The van der Waals surface area contributed by atoms with E-state index in [0.717, 1.165) is 33.5 Å². The van der Waals surface area contributed by atoms with Crippen LogP contribution >= 0.6 is 15.9 Å². The molecule has 1 aromatic carbocycles. The fourth-order valence-electron chi connectivity index (χ4n) is 2.80. The van der Waals surface area contributed by atoms with Crippen molar-refractivity contribution >= 4 is 33.4 Å². The van der Waals surface area contributed by atoms with Crippen LogP contribution in [0.4, 0.5) is 5.69 Å². The summed E-state index contributed by atoms with van der Waals surface area (Å²) in [6.45, 7) is 8.96. The number of likely N-dealkylation sites (N-methyl/N-ethyl adjacent to an activating group) is 1. The molecule has 26 heavy (non-hydrogen) atoms. The highest BCUT2D eigenvalue weighted by molar-refractivity contribution is 9.10. The predicted molar refractivity (Wildman–Crippen MR) is 110 cm³/mol. The first-order valence-corrected chi connectivity index (χ1v) is 10.1. The van der Waals surface area contributed by atoms with Gasteiger partial charge in [0.25, 0.3) is 11.8 Å². The second-order valence-corrected chi connectivity index (χ2v) is 8.53. The molecule has 2 atom stereocenters. The highest BCUT2D eigenvalue weighted by atomic mass is 79.9.